The normalized spacial score (nSPS) is 20.3. The van der Waals surface area contributed by atoms with Gasteiger partial charge in [-0.25, -0.2) is 0 Å². The van der Waals surface area contributed by atoms with Crippen molar-refractivity contribution in [2.24, 2.45) is 0 Å². The molecule has 0 radical (unpaired) electrons. The molecular formula is C15H22BrNO2. The number of likely N-dealkylation sites (tertiary alicyclic amines) is 1. The fourth-order valence-electron chi connectivity index (χ4n) is 2.70. The standard InChI is InChI=1S/C15H22BrNO2/c1-11-6-4-5-7-17(11)10-13-14(18-2)8-12(16)9-15(13)19-3/h8-9,11H,4-7,10H2,1-3H3. The Labute approximate surface area is 124 Å². The molecule has 2 rings (SSSR count). The zero-order chi connectivity index (χ0) is 13.8. The molecule has 1 aromatic rings. The maximum Gasteiger partial charge on any atom is 0.128 e. The number of piperidine rings is 1. The van der Waals surface area contributed by atoms with Gasteiger partial charge in [-0.3, -0.25) is 4.90 Å². The summed E-state index contributed by atoms with van der Waals surface area (Å²) in [6.07, 6.45) is 3.90. The Kier molecular flexibility index (Phi) is 5.11. The van der Waals surface area contributed by atoms with E-state index in [2.05, 4.69) is 27.8 Å². The Balaban J connectivity index is 2.27. The van der Waals surface area contributed by atoms with Crippen LogP contribution in [0.5, 0.6) is 11.5 Å². The second-order valence-corrected chi connectivity index (χ2v) is 6.02. The summed E-state index contributed by atoms with van der Waals surface area (Å²) < 4.78 is 12.0. The van der Waals surface area contributed by atoms with Gasteiger partial charge in [0.25, 0.3) is 0 Å². The minimum atomic E-state index is 0.631. The number of rotatable bonds is 4. The third-order valence-electron chi connectivity index (χ3n) is 3.87. The molecule has 3 nitrogen and oxygen atoms in total. The maximum absolute atomic E-state index is 5.51. The first-order valence-corrected chi connectivity index (χ1v) is 7.59. The minimum Gasteiger partial charge on any atom is -0.496 e. The Morgan fingerprint density at radius 1 is 1.21 bits per heavy atom. The lowest BCUT2D eigenvalue weighted by Gasteiger charge is -2.34. The highest BCUT2D eigenvalue weighted by molar-refractivity contribution is 9.10. The van der Waals surface area contributed by atoms with E-state index in [0.717, 1.165) is 34.6 Å². The van der Waals surface area contributed by atoms with Crippen LogP contribution in [0, 0.1) is 0 Å². The van der Waals surface area contributed by atoms with Crippen LogP contribution in [0.25, 0.3) is 0 Å². The van der Waals surface area contributed by atoms with Crippen molar-refractivity contribution >= 4 is 15.9 Å². The van der Waals surface area contributed by atoms with Crippen LogP contribution in [-0.2, 0) is 6.54 Å². The lowest BCUT2D eigenvalue weighted by atomic mass is 10.0. The van der Waals surface area contributed by atoms with Crippen molar-refractivity contribution in [1.82, 2.24) is 4.90 Å². The Hall–Kier alpha value is -0.740. The maximum atomic E-state index is 5.51. The molecule has 1 saturated heterocycles. The molecule has 4 heteroatoms. The van der Waals surface area contributed by atoms with Crippen molar-refractivity contribution in [3.05, 3.63) is 22.2 Å². The van der Waals surface area contributed by atoms with Crippen molar-refractivity contribution in [1.29, 1.82) is 0 Å². The van der Waals surface area contributed by atoms with Gasteiger partial charge in [0.05, 0.1) is 19.8 Å². The summed E-state index contributed by atoms with van der Waals surface area (Å²) in [4.78, 5) is 2.51. The van der Waals surface area contributed by atoms with Gasteiger partial charge in [0.15, 0.2) is 0 Å². The Morgan fingerprint density at radius 3 is 2.37 bits per heavy atom. The van der Waals surface area contributed by atoms with E-state index in [1.165, 1.54) is 19.3 Å². The smallest absolute Gasteiger partial charge is 0.128 e. The first-order chi connectivity index (χ1) is 9.15. The van der Waals surface area contributed by atoms with Crippen LogP contribution in [0.2, 0.25) is 0 Å². The van der Waals surface area contributed by atoms with Crippen LogP contribution >= 0.6 is 15.9 Å². The van der Waals surface area contributed by atoms with Gasteiger partial charge in [-0.15, -0.1) is 0 Å². The van der Waals surface area contributed by atoms with Crippen LogP contribution in [0.4, 0.5) is 0 Å². The first-order valence-electron chi connectivity index (χ1n) is 6.80. The highest BCUT2D eigenvalue weighted by Gasteiger charge is 2.22. The molecule has 0 aromatic heterocycles. The minimum absolute atomic E-state index is 0.631. The molecule has 1 aliphatic rings. The van der Waals surface area contributed by atoms with Crippen molar-refractivity contribution in [3.63, 3.8) is 0 Å². The topological polar surface area (TPSA) is 21.7 Å². The number of hydrogen-bond acceptors (Lipinski definition) is 3. The molecule has 1 unspecified atom stereocenters. The average molecular weight is 328 g/mol. The molecule has 1 aromatic carbocycles. The van der Waals surface area contributed by atoms with Crippen LogP contribution in [0.1, 0.15) is 31.7 Å². The molecular weight excluding hydrogens is 306 g/mol. The van der Waals surface area contributed by atoms with Gasteiger partial charge in [-0.1, -0.05) is 22.4 Å². The van der Waals surface area contributed by atoms with Crippen LogP contribution in [0.3, 0.4) is 0 Å². The van der Waals surface area contributed by atoms with E-state index in [9.17, 15) is 0 Å². The molecule has 0 amide bonds. The number of ether oxygens (including phenoxy) is 2. The van der Waals surface area contributed by atoms with Crippen LogP contribution < -0.4 is 9.47 Å². The summed E-state index contributed by atoms with van der Waals surface area (Å²) in [5.74, 6) is 1.79. The van der Waals surface area contributed by atoms with Gasteiger partial charge in [-0.05, 0) is 38.4 Å². The lowest BCUT2D eigenvalue weighted by Crippen LogP contribution is -2.36. The third kappa shape index (κ3) is 3.42. The highest BCUT2D eigenvalue weighted by Crippen LogP contribution is 2.35. The van der Waals surface area contributed by atoms with Crippen molar-refractivity contribution in [2.75, 3.05) is 20.8 Å². The monoisotopic (exact) mass is 327 g/mol. The number of hydrogen-bond donors (Lipinski definition) is 0. The van der Waals surface area contributed by atoms with Gasteiger partial charge in [0.1, 0.15) is 11.5 Å². The third-order valence-corrected chi connectivity index (χ3v) is 4.33. The number of nitrogens with zero attached hydrogens (tertiary/aromatic N) is 1. The predicted octanol–water partition coefficient (Wildman–Crippen LogP) is 3.84. The molecule has 0 aliphatic carbocycles. The van der Waals surface area contributed by atoms with E-state index in [1.54, 1.807) is 14.2 Å². The number of benzene rings is 1. The Morgan fingerprint density at radius 2 is 1.84 bits per heavy atom. The zero-order valence-corrected chi connectivity index (χ0v) is 13.5. The molecule has 0 spiro atoms. The van der Waals surface area contributed by atoms with Crippen molar-refractivity contribution < 1.29 is 9.47 Å². The van der Waals surface area contributed by atoms with Crippen LogP contribution in [0.15, 0.2) is 16.6 Å². The lowest BCUT2D eigenvalue weighted by molar-refractivity contribution is 0.149. The predicted molar refractivity (Wildman–Crippen MR) is 81.0 cm³/mol. The molecule has 106 valence electrons. The summed E-state index contributed by atoms with van der Waals surface area (Å²) >= 11 is 3.49. The SMILES string of the molecule is COc1cc(Br)cc(OC)c1CN1CCCCC1C. The van der Waals surface area contributed by atoms with Gasteiger partial charge in [0, 0.05) is 17.1 Å². The van der Waals surface area contributed by atoms with Gasteiger partial charge in [-0.2, -0.15) is 0 Å². The molecule has 1 aliphatic heterocycles. The zero-order valence-electron chi connectivity index (χ0n) is 11.9. The fourth-order valence-corrected chi connectivity index (χ4v) is 3.12. The fraction of sp³-hybridized carbons (Fsp3) is 0.600. The van der Waals surface area contributed by atoms with E-state index < -0.39 is 0 Å². The summed E-state index contributed by atoms with van der Waals surface area (Å²) in [7, 11) is 3.43. The molecule has 1 atom stereocenters. The van der Waals surface area contributed by atoms with Gasteiger partial charge in [0.2, 0.25) is 0 Å². The largest absolute Gasteiger partial charge is 0.496 e. The van der Waals surface area contributed by atoms with Gasteiger partial charge < -0.3 is 9.47 Å². The van der Waals surface area contributed by atoms with Gasteiger partial charge >= 0.3 is 0 Å². The number of methoxy groups -OCH3 is 2. The summed E-state index contributed by atoms with van der Waals surface area (Å²) in [6.45, 7) is 4.35. The van der Waals surface area contributed by atoms with Crippen molar-refractivity contribution in [3.8, 4) is 11.5 Å². The molecule has 0 saturated carbocycles. The molecule has 0 N–H and O–H groups in total. The summed E-state index contributed by atoms with van der Waals surface area (Å²) in [5, 5.41) is 0. The average Bonchev–Trinajstić information content (AvgIpc) is 2.42. The highest BCUT2D eigenvalue weighted by atomic mass is 79.9. The molecule has 1 heterocycles. The molecule has 0 bridgehead atoms. The second kappa shape index (κ2) is 6.62. The number of halogens is 1. The van der Waals surface area contributed by atoms with E-state index in [1.807, 2.05) is 12.1 Å². The van der Waals surface area contributed by atoms with E-state index in [4.69, 9.17) is 9.47 Å². The summed E-state index contributed by atoms with van der Waals surface area (Å²) in [5.41, 5.74) is 1.14. The van der Waals surface area contributed by atoms with E-state index in [0.29, 0.717) is 6.04 Å². The Bertz CT molecular complexity index is 411. The molecule has 19 heavy (non-hydrogen) atoms. The first kappa shape index (κ1) is 14.7. The molecule has 1 fully saturated rings. The second-order valence-electron chi connectivity index (χ2n) is 5.10. The van der Waals surface area contributed by atoms with E-state index in [-0.39, 0.29) is 0 Å². The summed E-state index contributed by atoms with van der Waals surface area (Å²) in [6, 6.07) is 4.64. The quantitative estimate of drug-likeness (QED) is 0.838. The van der Waals surface area contributed by atoms with Crippen molar-refractivity contribution in [2.45, 2.75) is 38.8 Å². The van der Waals surface area contributed by atoms with E-state index >= 15 is 0 Å². The van der Waals surface area contributed by atoms with Crippen LogP contribution in [-0.4, -0.2) is 31.7 Å².